The Balaban J connectivity index is 0.000000381. The largest absolute Gasteiger partial charge is 0.480 e. The Bertz CT molecular complexity index is 1630. The standard InChI is InChI=1S/C15H14Cl2N2O3.C8H14ClN5.C5H12NO4P/c1-5-6-21-12-8-11(9(16)7-10(12)17)19-14(20)22-13(18-19)15(2,3)4;1-4-10-7-12-6(9)13-8(14-7)11-5(2)3;1-11(9,10)3-2-4(6)5(7)8/h1,7-8H,6H2,2-4H3;5H,4H2,1-3H3,(H2,10,11,12,13,14);4H,2-3,6H2,1H3,(H,7,8)(H,9,10). The monoisotopic (exact) mass is 736 g/mol. The number of rotatable bonds is 11. The van der Waals surface area contributed by atoms with Crippen LogP contribution in [0.1, 0.15) is 53.9 Å². The molecule has 0 aliphatic rings. The van der Waals surface area contributed by atoms with Crippen LogP contribution >= 0.6 is 42.2 Å². The zero-order valence-electron chi connectivity index (χ0n) is 27.0. The molecular formula is C28H40Cl3N8O7P. The molecule has 47 heavy (non-hydrogen) atoms. The Labute approximate surface area is 288 Å². The van der Waals surface area contributed by atoms with Gasteiger partial charge in [-0.15, -0.1) is 11.5 Å². The third-order valence-electron chi connectivity index (χ3n) is 5.26. The lowest BCUT2D eigenvalue weighted by Gasteiger charge is -2.11. The van der Waals surface area contributed by atoms with E-state index in [0.29, 0.717) is 29.2 Å². The summed E-state index contributed by atoms with van der Waals surface area (Å²) in [6, 6.07) is 2.19. The van der Waals surface area contributed by atoms with Crippen LogP contribution in [0.25, 0.3) is 5.69 Å². The minimum atomic E-state index is -3.10. The van der Waals surface area contributed by atoms with Crippen molar-refractivity contribution in [2.24, 2.45) is 5.73 Å². The van der Waals surface area contributed by atoms with E-state index in [-0.39, 0.29) is 40.6 Å². The smallest absolute Gasteiger partial charge is 0.442 e. The van der Waals surface area contributed by atoms with Gasteiger partial charge in [-0.1, -0.05) is 49.9 Å². The number of hydrogen-bond donors (Lipinski definition) is 5. The van der Waals surface area contributed by atoms with Crippen molar-refractivity contribution < 1.29 is 28.5 Å². The second-order valence-corrected chi connectivity index (χ2v) is 14.9. The molecule has 0 fully saturated rings. The molecule has 0 saturated carbocycles. The van der Waals surface area contributed by atoms with Gasteiger partial charge < -0.3 is 35.5 Å². The number of nitrogens with two attached hydrogens (primary N) is 1. The lowest BCUT2D eigenvalue weighted by atomic mass is 9.97. The van der Waals surface area contributed by atoms with Gasteiger partial charge in [0.15, 0.2) is 7.37 Å². The number of carbonyl (C=O) groups is 1. The van der Waals surface area contributed by atoms with Crippen molar-refractivity contribution in [2.45, 2.75) is 65.5 Å². The van der Waals surface area contributed by atoms with Gasteiger partial charge in [0.05, 0.1) is 15.7 Å². The molecule has 0 radical (unpaired) electrons. The quantitative estimate of drug-likeness (QED) is 0.130. The fraction of sp³-hybridized carbons (Fsp3) is 0.500. The van der Waals surface area contributed by atoms with Crippen LogP contribution < -0.4 is 26.9 Å². The zero-order chi connectivity index (χ0) is 36.1. The predicted molar refractivity (Wildman–Crippen MR) is 184 cm³/mol. The van der Waals surface area contributed by atoms with Crippen molar-refractivity contribution in [1.29, 1.82) is 0 Å². The highest BCUT2D eigenvalue weighted by Crippen LogP contribution is 2.36. The SMILES string of the molecule is C#CCOc1cc(-n2nc(C(C)(C)C)oc2=O)c(Cl)cc1Cl.CCNc1nc(Cl)nc(NC(C)C)n1.CP(=O)(O)CCC(N)C(=O)O. The Morgan fingerprint density at radius 2 is 1.81 bits per heavy atom. The number of benzene rings is 1. The minimum Gasteiger partial charge on any atom is -0.480 e. The van der Waals surface area contributed by atoms with Crippen molar-refractivity contribution in [3.05, 3.63) is 43.9 Å². The third kappa shape index (κ3) is 15.4. The van der Waals surface area contributed by atoms with E-state index < -0.39 is 30.6 Å². The fourth-order valence-corrected chi connectivity index (χ4v) is 4.49. The normalized spacial score (nSPS) is 12.8. The van der Waals surface area contributed by atoms with Crippen LogP contribution in [0.5, 0.6) is 5.75 Å². The number of terminal acetylenes is 1. The molecule has 6 N–H and O–H groups in total. The number of hydrogen-bond acceptors (Lipinski definition) is 12. The van der Waals surface area contributed by atoms with Gasteiger partial charge in [0.2, 0.25) is 23.1 Å². The summed E-state index contributed by atoms with van der Waals surface area (Å²) in [5.41, 5.74) is 4.99. The Hall–Kier alpha value is -3.38. The second kappa shape index (κ2) is 18.8. The molecule has 0 amide bonds. The number of nitrogens with zero attached hydrogens (tertiary/aromatic N) is 5. The first-order chi connectivity index (χ1) is 21.7. The summed E-state index contributed by atoms with van der Waals surface area (Å²) >= 11 is 17.9. The number of aromatic nitrogens is 5. The Kier molecular flexibility index (Phi) is 16.7. The molecule has 2 heterocycles. The lowest BCUT2D eigenvalue weighted by molar-refractivity contribution is -0.138. The third-order valence-corrected chi connectivity index (χ3v) is 7.12. The maximum Gasteiger partial charge on any atom is 0.442 e. The second-order valence-electron chi connectivity index (χ2n) is 11.2. The maximum absolute atomic E-state index is 12.0. The van der Waals surface area contributed by atoms with Crippen molar-refractivity contribution in [3.8, 4) is 23.8 Å². The highest BCUT2D eigenvalue weighted by Gasteiger charge is 2.24. The molecule has 0 spiro atoms. The van der Waals surface area contributed by atoms with Crippen LogP contribution in [-0.2, 0) is 14.8 Å². The number of ether oxygens (including phenoxy) is 1. The van der Waals surface area contributed by atoms with Gasteiger partial charge in [-0.3, -0.25) is 9.36 Å². The van der Waals surface area contributed by atoms with E-state index in [1.54, 1.807) is 0 Å². The number of carboxylic acids is 1. The zero-order valence-corrected chi connectivity index (χ0v) is 30.2. The van der Waals surface area contributed by atoms with E-state index in [9.17, 15) is 14.2 Å². The van der Waals surface area contributed by atoms with E-state index in [2.05, 4.69) is 36.6 Å². The molecule has 1 aromatic carbocycles. The fourth-order valence-electron chi connectivity index (χ4n) is 3.06. The van der Waals surface area contributed by atoms with Gasteiger partial charge >= 0.3 is 11.7 Å². The summed E-state index contributed by atoms with van der Waals surface area (Å²) in [5, 5.41) is 19.2. The molecule has 260 valence electrons. The molecule has 15 nitrogen and oxygen atoms in total. The van der Waals surface area contributed by atoms with Crippen LogP contribution in [-0.4, -0.2) is 78.8 Å². The first-order valence-corrected chi connectivity index (χ1v) is 17.5. The highest BCUT2D eigenvalue weighted by atomic mass is 35.5. The van der Waals surface area contributed by atoms with Gasteiger partial charge in [0.1, 0.15) is 18.4 Å². The molecule has 0 aliphatic heterocycles. The molecule has 3 aromatic rings. The summed E-state index contributed by atoms with van der Waals surface area (Å²) in [4.78, 5) is 42.9. The van der Waals surface area contributed by atoms with E-state index in [0.717, 1.165) is 11.2 Å². The van der Waals surface area contributed by atoms with Gasteiger partial charge in [0, 0.05) is 36.9 Å². The first kappa shape index (κ1) is 41.6. The van der Waals surface area contributed by atoms with Gasteiger partial charge in [-0.25, -0.2) is 4.79 Å². The van der Waals surface area contributed by atoms with Crippen molar-refractivity contribution in [2.75, 3.05) is 36.6 Å². The summed E-state index contributed by atoms with van der Waals surface area (Å²) < 4.78 is 22.2. The van der Waals surface area contributed by atoms with E-state index in [4.69, 9.17) is 66.1 Å². The van der Waals surface area contributed by atoms with Crippen molar-refractivity contribution in [1.82, 2.24) is 24.7 Å². The summed E-state index contributed by atoms with van der Waals surface area (Å²) in [6.07, 6.45) is 5.15. The molecule has 0 saturated heterocycles. The highest BCUT2D eigenvalue weighted by molar-refractivity contribution is 7.57. The molecule has 19 heteroatoms. The molecule has 2 atom stereocenters. The Morgan fingerprint density at radius 3 is 2.30 bits per heavy atom. The Morgan fingerprint density at radius 1 is 1.19 bits per heavy atom. The van der Waals surface area contributed by atoms with Crippen molar-refractivity contribution in [3.63, 3.8) is 0 Å². The van der Waals surface area contributed by atoms with E-state index in [1.807, 2.05) is 41.5 Å². The number of halogens is 3. The molecule has 0 aliphatic carbocycles. The number of carboxylic acid groups (broad SMARTS) is 1. The van der Waals surface area contributed by atoms with Crippen LogP contribution in [0.3, 0.4) is 0 Å². The molecule has 2 unspecified atom stereocenters. The molecular weight excluding hydrogens is 698 g/mol. The predicted octanol–water partition coefficient (Wildman–Crippen LogP) is 4.91. The maximum atomic E-state index is 12.0. The lowest BCUT2D eigenvalue weighted by Crippen LogP contribution is -2.30. The molecule has 2 aromatic heterocycles. The van der Waals surface area contributed by atoms with Gasteiger partial charge in [-0.05, 0) is 44.9 Å². The van der Waals surface area contributed by atoms with Crippen LogP contribution in [0, 0.1) is 12.3 Å². The van der Waals surface area contributed by atoms with E-state index in [1.165, 1.54) is 18.8 Å². The molecule has 3 rings (SSSR count). The van der Waals surface area contributed by atoms with Crippen molar-refractivity contribution >= 4 is 60.0 Å². The number of anilines is 2. The van der Waals surface area contributed by atoms with Crippen LogP contribution in [0.4, 0.5) is 11.9 Å². The number of aliphatic carboxylic acids is 1. The average molecular weight is 738 g/mol. The summed E-state index contributed by atoms with van der Waals surface area (Å²) in [6.45, 7) is 13.6. The van der Waals surface area contributed by atoms with Crippen LogP contribution in [0.15, 0.2) is 21.3 Å². The summed E-state index contributed by atoms with van der Waals surface area (Å²) in [5.74, 6) is 2.16. The number of nitrogens with one attached hydrogen (secondary N) is 2. The van der Waals surface area contributed by atoms with E-state index >= 15 is 0 Å². The minimum absolute atomic E-state index is 0.0412. The van der Waals surface area contributed by atoms with Gasteiger partial charge in [-0.2, -0.15) is 19.6 Å². The first-order valence-electron chi connectivity index (χ1n) is 14.0. The topological polar surface area (TPSA) is 221 Å². The average Bonchev–Trinajstić information content (AvgIpc) is 3.33. The molecule has 0 bridgehead atoms. The summed E-state index contributed by atoms with van der Waals surface area (Å²) in [7, 11) is -3.10. The van der Waals surface area contributed by atoms with Crippen LogP contribution in [0.2, 0.25) is 15.3 Å². The van der Waals surface area contributed by atoms with Gasteiger partial charge in [0.25, 0.3) is 0 Å².